The normalized spacial score (nSPS) is 10.3. The number of nitro groups is 2. The van der Waals surface area contributed by atoms with Crippen LogP contribution in [0.5, 0.6) is 11.5 Å². The van der Waals surface area contributed by atoms with Crippen molar-refractivity contribution >= 4 is 17.3 Å². The number of nitro benzene ring substituents is 2. The molecule has 0 heterocycles. The van der Waals surface area contributed by atoms with Crippen LogP contribution in [0.1, 0.15) is 11.1 Å². The minimum atomic E-state index is -0.506. The van der Waals surface area contributed by atoms with Gasteiger partial charge in [0.05, 0.1) is 16.3 Å². The minimum Gasteiger partial charge on any atom is -0.461 e. The first-order valence-corrected chi connectivity index (χ1v) is 8.81. The maximum Gasteiger partial charge on any atom is 0.310 e. The molecule has 0 spiro atoms. The number of ether oxygens (including phenoxy) is 2. The Labute approximate surface area is 170 Å². The predicted octanol–water partition coefficient (Wildman–Crippen LogP) is 4.58. The van der Waals surface area contributed by atoms with E-state index in [0.29, 0.717) is 22.6 Å². The lowest BCUT2D eigenvalue weighted by molar-refractivity contribution is -0.385. The average Bonchev–Trinajstić information content (AvgIpc) is 2.73. The van der Waals surface area contributed by atoms with Crippen LogP contribution < -0.4 is 4.74 Å². The standard InChI is InChI=1S/C21H16N2O7/c24-21(13-15-4-6-17(7-5-15)22(25)26)29-14-16-2-1-3-20(12-16)30-19-10-8-18(9-11-19)23(27)28/h1-12H,13-14H2. The second-order valence-electron chi connectivity index (χ2n) is 6.26. The van der Waals surface area contributed by atoms with E-state index >= 15 is 0 Å². The zero-order valence-electron chi connectivity index (χ0n) is 15.6. The van der Waals surface area contributed by atoms with E-state index in [2.05, 4.69) is 0 Å². The molecule has 30 heavy (non-hydrogen) atoms. The highest BCUT2D eigenvalue weighted by atomic mass is 16.6. The molecule has 0 N–H and O–H groups in total. The Bertz CT molecular complexity index is 1060. The molecule has 3 aromatic carbocycles. The molecule has 0 aromatic heterocycles. The molecule has 9 nitrogen and oxygen atoms in total. The van der Waals surface area contributed by atoms with Gasteiger partial charge in [0.25, 0.3) is 11.4 Å². The van der Waals surface area contributed by atoms with E-state index in [1.165, 1.54) is 48.5 Å². The lowest BCUT2D eigenvalue weighted by atomic mass is 10.1. The summed E-state index contributed by atoms with van der Waals surface area (Å²) in [5.74, 6) is 0.464. The van der Waals surface area contributed by atoms with Crippen LogP contribution in [-0.2, 0) is 22.6 Å². The van der Waals surface area contributed by atoms with Crippen LogP contribution in [0, 0.1) is 20.2 Å². The molecule has 0 aliphatic rings. The van der Waals surface area contributed by atoms with Crippen LogP contribution in [0.3, 0.4) is 0 Å². The molecule has 0 fully saturated rings. The molecule has 0 amide bonds. The third-order valence-corrected chi connectivity index (χ3v) is 4.08. The third-order valence-electron chi connectivity index (χ3n) is 4.08. The van der Waals surface area contributed by atoms with Gasteiger partial charge in [0.15, 0.2) is 0 Å². The summed E-state index contributed by atoms with van der Waals surface area (Å²) in [5, 5.41) is 21.4. The number of rotatable bonds is 8. The van der Waals surface area contributed by atoms with Crippen LogP contribution in [0.25, 0.3) is 0 Å². The Kier molecular flexibility index (Phi) is 6.33. The highest BCUT2D eigenvalue weighted by Crippen LogP contribution is 2.24. The highest BCUT2D eigenvalue weighted by Gasteiger charge is 2.09. The zero-order chi connectivity index (χ0) is 21.5. The van der Waals surface area contributed by atoms with Gasteiger partial charge in [-0.3, -0.25) is 25.0 Å². The van der Waals surface area contributed by atoms with E-state index in [0.717, 1.165) is 0 Å². The number of nitrogens with zero attached hydrogens (tertiary/aromatic N) is 2. The summed E-state index contributed by atoms with van der Waals surface area (Å²) in [6.45, 7) is 0.0310. The zero-order valence-corrected chi connectivity index (χ0v) is 15.6. The fourth-order valence-corrected chi connectivity index (χ4v) is 2.59. The molecular weight excluding hydrogens is 392 g/mol. The Morgan fingerprint density at radius 1 is 0.767 bits per heavy atom. The molecule has 3 rings (SSSR count). The van der Waals surface area contributed by atoms with Gasteiger partial charge in [-0.1, -0.05) is 24.3 Å². The fourth-order valence-electron chi connectivity index (χ4n) is 2.59. The predicted molar refractivity (Wildman–Crippen MR) is 106 cm³/mol. The molecule has 0 saturated heterocycles. The van der Waals surface area contributed by atoms with Crippen molar-refractivity contribution in [2.24, 2.45) is 0 Å². The molecule has 9 heteroatoms. The van der Waals surface area contributed by atoms with E-state index in [1.807, 2.05) is 0 Å². The Morgan fingerprint density at radius 3 is 1.97 bits per heavy atom. The molecule has 0 radical (unpaired) electrons. The van der Waals surface area contributed by atoms with Crippen molar-refractivity contribution in [2.75, 3.05) is 0 Å². The summed E-state index contributed by atoms with van der Waals surface area (Å²) in [6, 6.07) is 18.3. The van der Waals surface area contributed by atoms with Gasteiger partial charge in [0.2, 0.25) is 0 Å². The second-order valence-corrected chi connectivity index (χ2v) is 6.26. The monoisotopic (exact) mass is 408 g/mol. The van der Waals surface area contributed by atoms with Crippen LogP contribution in [0.4, 0.5) is 11.4 Å². The number of carbonyl (C=O) groups is 1. The Hall–Kier alpha value is -4.27. The molecule has 3 aromatic rings. The smallest absolute Gasteiger partial charge is 0.310 e. The minimum absolute atomic E-state index is 0.00300. The van der Waals surface area contributed by atoms with Crippen molar-refractivity contribution in [1.29, 1.82) is 0 Å². The maximum absolute atomic E-state index is 12.0. The summed E-state index contributed by atoms with van der Waals surface area (Å²) >= 11 is 0. The molecule has 0 aliphatic carbocycles. The number of carbonyl (C=O) groups excluding carboxylic acids is 1. The molecule has 0 atom stereocenters. The summed E-state index contributed by atoms with van der Waals surface area (Å²) in [5.41, 5.74) is 1.24. The van der Waals surface area contributed by atoms with Crippen molar-refractivity contribution < 1.29 is 24.1 Å². The van der Waals surface area contributed by atoms with Gasteiger partial charge in [-0.05, 0) is 35.4 Å². The van der Waals surface area contributed by atoms with Gasteiger partial charge in [-0.25, -0.2) is 0 Å². The lowest BCUT2D eigenvalue weighted by Gasteiger charge is -2.09. The maximum atomic E-state index is 12.0. The van der Waals surface area contributed by atoms with E-state index in [-0.39, 0.29) is 24.4 Å². The first kappa shape index (κ1) is 20.5. The topological polar surface area (TPSA) is 122 Å². The van der Waals surface area contributed by atoms with Crippen molar-refractivity contribution in [1.82, 2.24) is 0 Å². The number of esters is 1. The summed E-state index contributed by atoms with van der Waals surface area (Å²) < 4.78 is 10.9. The van der Waals surface area contributed by atoms with Crippen molar-refractivity contribution in [3.05, 3.63) is 104 Å². The van der Waals surface area contributed by atoms with Crippen molar-refractivity contribution in [2.45, 2.75) is 13.0 Å². The largest absolute Gasteiger partial charge is 0.461 e. The molecule has 0 bridgehead atoms. The molecule has 0 unspecified atom stereocenters. The average molecular weight is 408 g/mol. The van der Waals surface area contributed by atoms with E-state index in [4.69, 9.17) is 9.47 Å². The third kappa shape index (κ3) is 5.61. The van der Waals surface area contributed by atoms with Crippen LogP contribution in [0.15, 0.2) is 72.8 Å². The van der Waals surface area contributed by atoms with Crippen LogP contribution in [0.2, 0.25) is 0 Å². The first-order chi connectivity index (χ1) is 14.4. The number of benzene rings is 3. The second kappa shape index (κ2) is 9.28. The lowest BCUT2D eigenvalue weighted by Crippen LogP contribution is -2.08. The highest BCUT2D eigenvalue weighted by molar-refractivity contribution is 5.72. The first-order valence-electron chi connectivity index (χ1n) is 8.81. The summed E-state index contributed by atoms with van der Waals surface area (Å²) in [7, 11) is 0. The molecule has 0 aliphatic heterocycles. The van der Waals surface area contributed by atoms with E-state index < -0.39 is 15.8 Å². The van der Waals surface area contributed by atoms with E-state index in [9.17, 15) is 25.0 Å². The molecular formula is C21H16N2O7. The quantitative estimate of drug-likeness (QED) is 0.304. The van der Waals surface area contributed by atoms with E-state index in [1.54, 1.807) is 24.3 Å². The van der Waals surface area contributed by atoms with Gasteiger partial charge in [0, 0.05) is 24.3 Å². The Morgan fingerprint density at radius 2 is 1.37 bits per heavy atom. The number of non-ortho nitro benzene ring substituents is 2. The molecule has 0 saturated carbocycles. The van der Waals surface area contributed by atoms with Crippen LogP contribution >= 0.6 is 0 Å². The fraction of sp³-hybridized carbons (Fsp3) is 0.0952. The van der Waals surface area contributed by atoms with Crippen molar-refractivity contribution in [3.63, 3.8) is 0 Å². The van der Waals surface area contributed by atoms with Gasteiger partial charge >= 0.3 is 5.97 Å². The van der Waals surface area contributed by atoms with Gasteiger partial charge in [0.1, 0.15) is 18.1 Å². The van der Waals surface area contributed by atoms with Gasteiger partial charge < -0.3 is 9.47 Å². The van der Waals surface area contributed by atoms with Gasteiger partial charge in [-0.2, -0.15) is 0 Å². The van der Waals surface area contributed by atoms with Gasteiger partial charge in [-0.15, -0.1) is 0 Å². The summed E-state index contributed by atoms with van der Waals surface area (Å²) in [6.07, 6.45) is -0.00300. The van der Waals surface area contributed by atoms with Crippen LogP contribution in [-0.4, -0.2) is 15.8 Å². The number of hydrogen-bond acceptors (Lipinski definition) is 7. The molecule has 152 valence electrons. The summed E-state index contributed by atoms with van der Waals surface area (Å²) in [4.78, 5) is 32.4. The Balaban J connectivity index is 1.55. The SMILES string of the molecule is O=C(Cc1ccc([N+](=O)[O-])cc1)OCc1cccc(Oc2ccc([N+](=O)[O-])cc2)c1. The number of hydrogen-bond donors (Lipinski definition) is 0. The van der Waals surface area contributed by atoms with Crippen molar-refractivity contribution in [3.8, 4) is 11.5 Å².